The van der Waals surface area contributed by atoms with E-state index in [9.17, 15) is 9.59 Å². The Morgan fingerprint density at radius 1 is 1.25 bits per heavy atom. The maximum atomic E-state index is 12.8. The Kier molecular flexibility index (Phi) is 6.12. The number of hydrogen-bond donors (Lipinski definition) is 2. The van der Waals surface area contributed by atoms with Gasteiger partial charge in [-0.25, -0.2) is 0 Å². The molecule has 7 heteroatoms. The Morgan fingerprint density at radius 3 is 2.68 bits per heavy atom. The van der Waals surface area contributed by atoms with Crippen molar-refractivity contribution < 1.29 is 9.59 Å². The fourth-order valence-electron chi connectivity index (χ4n) is 3.45. The molecule has 0 saturated carbocycles. The Balaban J connectivity index is 1.71. The molecule has 0 radical (unpaired) electrons. The summed E-state index contributed by atoms with van der Waals surface area (Å²) in [5.74, 6) is -0.173. The first kappa shape index (κ1) is 20.8. The van der Waals surface area contributed by atoms with Crippen molar-refractivity contribution in [2.75, 3.05) is 25.5 Å². The maximum absolute atomic E-state index is 12.8. The van der Waals surface area contributed by atoms with Crippen molar-refractivity contribution in [1.82, 2.24) is 10.2 Å². The van der Waals surface area contributed by atoms with Gasteiger partial charge in [0.15, 0.2) is 0 Å². The lowest BCUT2D eigenvalue weighted by molar-refractivity contribution is -0.120. The van der Waals surface area contributed by atoms with Crippen LogP contribution in [0.3, 0.4) is 0 Å². The van der Waals surface area contributed by atoms with Crippen molar-refractivity contribution in [2.45, 2.75) is 38.6 Å². The zero-order valence-electron chi connectivity index (χ0n) is 16.6. The molecule has 0 aliphatic carbocycles. The van der Waals surface area contributed by atoms with Crippen LogP contribution in [0.2, 0.25) is 4.34 Å². The van der Waals surface area contributed by atoms with Gasteiger partial charge in [0.05, 0.1) is 9.21 Å². The second-order valence-electron chi connectivity index (χ2n) is 7.96. The topological polar surface area (TPSA) is 61.4 Å². The van der Waals surface area contributed by atoms with Gasteiger partial charge in [-0.15, -0.1) is 11.3 Å². The summed E-state index contributed by atoms with van der Waals surface area (Å²) in [5, 5.41) is 5.74. The van der Waals surface area contributed by atoms with E-state index in [1.165, 1.54) is 22.5 Å². The molecule has 1 aliphatic heterocycles. The van der Waals surface area contributed by atoms with Gasteiger partial charge in [0.1, 0.15) is 5.54 Å². The van der Waals surface area contributed by atoms with Gasteiger partial charge in [-0.2, -0.15) is 0 Å². The Bertz CT molecular complexity index is 894. The Hall–Kier alpha value is -1.89. The number of benzene rings is 1. The minimum Gasteiger partial charge on any atom is -0.337 e. The number of amides is 2. The number of thiophene rings is 1. The number of rotatable bonds is 4. The van der Waals surface area contributed by atoms with Gasteiger partial charge in [-0.1, -0.05) is 24.6 Å². The normalized spacial score (nSPS) is 17.5. The lowest BCUT2D eigenvalue weighted by Gasteiger charge is -2.25. The van der Waals surface area contributed by atoms with E-state index < -0.39 is 5.54 Å². The van der Waals surface area contributed by atoms with E-state index in [1.807, 2.05) is 6.07 Å². The number of fused-ring (bicyclic) bond motifs is 1. The van der Waals surface area contributed by atoms with E-state index in [2.05, 4.69) is 41.6 Å². The number of carbonyl (C=O) groups is 2. The number of likely N-dealkylation sites (N-methyl/N-ethyl adjacent to an activating group) is 1. The Morgan fingerprint density at radius 2 is 2.00 bits per heavy atom. The van der Waals surface area contributed by atoms with Crippen LogP contribution in [0, 0.1) is 0 Å². The summed E-state index contributed by atoms with van der Waals surface area (Å²) in [6.45, 7) is 7.62. The Labute approximate surface area is 175 Å². The maximum Gasteiger partial charge on any atom is 0.262 e. The zero-order valence-corrected chi connectivity index (χ0v) is 18.2. The molecule has 3 rings (SSSR count). The zero-order chi connectivity index (χ0) is 20.5. The summed E-state index contributed by atoms with van der Waals surface area (Å²) in [7, 11) is 2.14. The number of halogens is 1. The minimum absolute atomic E-state index is 0.262. The number of hydrogen-bond acceptors (Lipinski definition) is 4. The molecule has 5 nitrogen and oxygen atoms in total. The highest BCUT2D eigenvalue weighted by atomic mass is 35.5. The van der Waals surface area contributed by atoms with Crippen LogP contribution >= 0.6 is 22.9 Å². The van der Waals surface area contributed by atoms with Crippen LogP contribution in [0.25, 0.3) is 0 Å². The number of carbonyl (C=O) groups excluding carboxylic acids is 2. The number of nitrogens with zero attached hydrogens (tertiary/aromatic N) is 1. The van der Waals surface area contributed by atoms with Gasteiger partial charge in [0.2, 0.25) is 5.91 Å². The largest absolute Gasteiger partial charge is 0.337 e. The van der Waals surface area contributed by atoms with Crippen LogP contribution in [0.4, 0.5) is 5.69 Å². The van der Waals surface area contributed by atoms with Crippen LogP contribution < -0.4 is 10.6 Å². The van der Waals surface area contributed by atoms with Gasteiger partial charge in [0.25, 0.3) is 5.91 Å². The molecule has 0 bridgehead atoms. The molecule has 1 unspecified atom stereocenters. The first-order chi connectivity index (χ1) is 13.2. The fraction of sp³-hybridized carbons (Fsp3) is 0.429. The van der Waals surface area contributed by atoms with E-state index in [0.717, 1.165) is 25.2 Å². The second kappa shape index (κ2) is 8.23. The lowest BCUT2D eigenvalue weighted by Crippen LogP contribution is -2.52. The van der Waals surface area contributed by atoms with E-state index in [-0.39, 0.29) is 11.8 Å². The van der Waals surface area contributed by atoms with E-state index in [1.54, 1.807) is 26.0 Å². The van der Waals surface area contributed by atoms with Gasteiger partial charge in [-0.3, -0.25) is 9.59 Å². The third-order valence-corrected chi connectivity index (χ3v) is 6.30. The van der Waals surface area contributed by atoms with E-state index in [4.69, 9.17) is 11.6 Å². The summed E-state index contributed by atoms with van der Waals surface area (Å²) in [4.78, 5) is 28.0. The molecular weight excluding hydrogens is 394 g/mol. The van der Waals surface area contributed by atoms with Crippen molar-refractivity contribution in [3.8, 4) is 0 Å². The predicted octanol–water partition coefficient (Wildman–Crippen LogP) is 4.14. The van der Waals surface area contributed by atoms with Crippen LogP contribution in [0.1, 0.15) is 47.5 Å². The molecule has 2 N–H and O–H groups in total. The predicted molar refractivity (Wildman–Crippen MR) is 116 cm³/mol. The van der Waals surface area contributed by atoms with Crippen molar-refractivity contribution in [3.63, 3.8) is 0 Å². The first-order valence-corrected chi connectivity index (χ1v) is 10.6. The summed E-state index contributed by atoms with van der Waals surface area (Å²) in [6.07, 6.45) is 1.01. The molecule has 2 aromatic rings. The standard InChI is InChI=1S/C21H26ClN3O2S/c1-13-12-25(4)10-9-14-5-6-15(11-16(13)14)23-20(27)21(2,3)24-19(26)17-7-8-18(22)28-17/h5-8,11,13H,9-10,12H2,1-4H3,(H,23,27)(H,24,26). The van der Waals surface area contributed by atoms with Crippen molar-refractivity contribution in [3.05, 3.63) is 50.7 Å². The minimum atomic E-state index is -1.06. The van der Waals surface area contributed by atoms with Gasteiger partial charge in [0, 0.05) is 18.8 Å². The highest BCUT2D eigenvalue weighted by Crippen LogP contribution is 2.28. The van der Waals surface area contributed by atoms with E-state index >= 15 is 0 Å². The molecular formula is C21H26ClN3O2S. The molecule has 1 aromatic heterocycles. The SMILES string of the molecule is CC1CN(C)CCc2ccc(NC(=O)C(C)(C)NC(=O)c3ccc(Cl)s3)cc21. The first-order valence-electron chi connectivity index (χ1n) is 9.36. The third-order valence-electron chi connectivity index (χ3n) is 5.07. The number of anilines is 1. The average Bonchev–Trinajstić information content (AvgIpc) is 3.00. The van der Waals surface area contributed by atoms with Crippen LogP contribution in [-0.4, -0.2) is 42.4 Å². The molecule has 2 heterocycles. The van der Waals surface area contributed by atoms with Crippen LogP contribution in [0.5, 0.6) is 0 Å². The fourth-order valence-corrected chi connectivity index (χ4v) is 4.39. The van der Waals surface area contributed by atoms with Crippen molar-refractivity contribution in [2.24, 2.45) is 0 Å². The van der Waals surface area contributed by atoms with Crippen molar-refractivity contribution in [1.29, 1.82) is 0 Å². The molecule has 1 aromatic carbocycles. The highest BCUT2D eigenvalue weighted by Gasteiger charge is 2.30. The quantitative estimate of drug-likeness (QED) is 0.782. The summed E-state index contributed by atoms with van der Waals surface area (Å²) >= 11 is 7.08. The summed E-state index contributed by atoms with van der Waals surface area (Å²) in [6, 6.07) is 9.42. The highest BCUT2D eigenvalue weighted by molar-refractivity contribution is 7.18. The average molecular weight is 420 g/mol. The molecule has 1 atom stereocenters. The summed E-state index contributed by atoms with van der Waals surface area (Å²) < 4.78 is 0.539. The van der Waals surface area contributed by atoms with Crippen LogP contribution in [-0.2, 0) is 11.2 Å². The third kappa shape index (κ3) is 4.74. The molecule has 1 aliphatic rings. The lowest BCUT2D eigenvalue weighted by atomic mass is 9.94. The van der Waals surface area contributed by atoms with E-state index in [0.29, 0.717) is 15.1 Å². The monoisotopic (exact) mass is 419 g/mol. The molecule has 2 amide bonds. The molecule has 0 saturated heterocycles. The molecule has 150 valence electrons. The van der Waals surface area contributed by atoms with Gasteiger partial charge < -0.3 is 15.5 Å². The molecule has 0 spiro atoms. The molecule has 28 heavy (non-hydrogen) atoms. The van der Waals surface area contributed by atoms with Gasteiger partial charge in [-0.05, 0) is 68.6 Å². The molecule has 0 fully saturated rings. The second-order valence-corrected chi connectivity index (χ2v) is 9.68. The van der Waals surface area contributed by atoms with Crippen molar-refractivity contribution >= 4 is 40.4 Å². The summed E-state index contributed by atoms with van der Waals surface area (Å²) in [5.41, 5.74) is 2.29. The van der Waals surface area contributed by atoms with Crippen LogP contribution in [0.15, 0.2) is 30.3 Å². The number of nitrogens with one attached hydrogen (secondary N) is 2. The van der Waals surface area contributed by atoms with Gasteiger partial charge >= 0.3 is 0 Å². The smallest absolute Gasteiger partial charge is 0.262 e.